The van der Waals surface area contributed by atoms with Crippen LogP contribution in [0.4, 0.5) is 14.6 Å². The second kappa shape index (κ2) is 9.63. The number of hydrogen-bond donors (Lipinski definition) is 3. The zero-order valence-corrected chi connectivity index (χ0v) is 16.8. The topological polar surface area (TPSA) is 151 Å². The number of halogens is 2. The van der Waals surface area contributed by atoms with Crippen molar-refractivity contribution in [3.05, 3.63) is 34.9 Å². The van der Waals surface area contributed by atoms with Gasteiger partial charge in [-0.25, -0.2) is 4.79 Å². The third kappa shape index (κ3) is 4.89. The summed E-state index contributed by atoms with van der Waals surface area (Å²) >= 11 is 0. The van der Waals surface area contributed by atoms with E-state index in [-0.39, 0.29) is 30.6 Å². The molecule has 13 heteroatoms. The summed E-state index contributed by atoms with van der Waals surface area (Å²) in [6.45, 7) is -0.600. The molecule has 32 heavy (non-hydrogen) atoms. The van der Waals surface area contributed by atoms with E-state index in [9.17, 15) is 33.1 Å². The molecule has 1 aromatic heterocycles. The number of aromatic nitrogens is 2. The summed E-state index contributed by atoms with van der Waals surface area (Å²) < 4.78 is 33.7. The standard InChI is InChI=1S/C19H22F2N4O7/c20-19(21)16(30)11(10-26)32-17(19)25-9-7-12(23-18(25)31)22-13(27)4-2-1-3-8-24-14(28)5-6-15(24)29/h5-7,9,11,16-17,26,30H,1-4,8,10H2,(H,22,23,27,31)/t11-,16-,17-/m1/s1. The molecule has 2 aliphatic rings. The number of imide groups is 1. The number of rotatable bonds is 9. The number of nitrogens with one attached hydrogen (secondary N) is 1. The van der Waals surface area contributed by atoms with Crippen molar-refractivity contribution >= 4 is 23.5 Å². The molecule has 1 aromatic rings. The highest BCUT2D eigenvalue weighted by molar-refractivity contribution is 6.12. The molecule has 0 spiro atoms. The van der Waals surface area contributed by atoms with Gasteiger partial charge in [0, 0.05) is 31.3 Å². The highest BCUT2D eigenvalue weighted by Crippen LogP contribution is 2.41. The molecule has 0 bridgehead atoms. The van der Waals surface area contributed by atoms with Gasteiger partial charge in [0.05, 0.1) is 6.61 Å². The van der Waals surface area contributed by atoms with E-state index in [0.29, 0.717) is 23.8 Å². The molecule has 0 saturated carbocycles. The molecule has 3 rings (SSSR count). The van der Waals surface area contributed by atoms with Crippen molar-refractivity contribution in [3.8, 4) is 0 Å². The molecule has 3 amide bonds. The summed E-state index contributed by atoms with van der Waals surface area (Å²) in [5.41, 5.74) is -1.13. The fraction of sp³-hybridized carbons (Fsp3) is 0.526. The van der Waals surface area contributed by atoms with Crippen molar-refractivity contribution in [2.24, 2.45) is 0 Å². The summed E-state index contributed by atoms with van der Waals surface area (Å²) in [6, 6.07) is 1.13. The lowest BCUT2D eigenvalue weighted by Gasteiger charge is -2.21. The molecular formula is C19H22F2N4O7. The van der Waals surface area contributed by atoms with Crippen LogP contribution in [0.5, 0.6) is 0 Å². The predicted molar refractivity (Wildman–Crippen MR) is 103 cm³/mol. The van der Waals surface area contributed by atoms with Gasteiger partial charge in [-0.15, -0.1) is 0 Å². The van der Waals surface area contributed by atoms with Crippen molar-refractivity contribution in [1.82, 2.24) is 14.5 Å². The highest BCUT2D eigenvalue weighted by Gasteiger charge is 2.59. The van der Waals surface area contributed by atoms with E-state index in [4.69, 9.17) is 9.84 Å². The molecule has 2 aliphatic heterocycles. The molecule has 0 aliphatic carbocycles. The van der Waals surface area contributed by atoms with Gasteiger partial charge < -0.3 is 20.3 Å². The molecule has 0 aromatic carbocycles. The van der Waals surface area contributed by atoms with Gasteiger partial charge in [-0.2, -0.15) is 13.8 Å². The number of aliphatic hydroxyl groups is 2. The first-order chi connectivity index (χ1) is 15.1. The maximum absolute atomic E-state index is 14.2. The number of aliphatic hydroxyl groups excluding tert-OH is 2. The van der Waals surface area contributed by atoms with Crippen molar-refractivity contribution < 1.29 is 38.1 Å². The van der Waals surface area contributed by atoms with Crippen LogP contribution < -0.4 is 11.0 Å². The summed E-state index contributed by atoms with van der Waals surface area (Å²) in [6.07, 6.45) is -1.01. The van der Waals surface area contributed by atoms with E-state index in [1.54, 1.807) is 0 Å². The van der Waals surface area contributed by atoms with Crippen molar-refractivity contribution in [2.45, 2.75) is 50.0 Å². The number of nitrogens with zero attached hydrogens (tertiary/aromatic N) is 3. The Kier molecular flexibility index (Phi) is 7.11. The smallest absolute Gasteiger partial charge is 0.351 e. The van der Waals surface area contributed by atoms with Crippen LogP contribution in [-0.2, 0) is 19.1 Å². The van der Waals surface area contributed by atoms with Gasteiger partial charge >= 0.3 is 11.6 Å². The number of carbonyl (C=O) groups is 3. The lowest BCUT2D eigenvalue weighted by Crippen LogP contribution is -2.41. The number of amides is 3. The minimum Gasteiger partial charge on any atom is -0.394 e. The first kappa shape index (κ1) is 23.6. The number of alkyl halides is 2. The molecule has 11 nitrogen and oxygen atoms in total. The van der Waals surface area contributed by atoms with Crippen LogP contribution in [0.25, 0.3) is 0 Å². The van der Waals surface area contributed by atoms with Crippen LogP contribution >= 0.6 is 0 Å². The molecule has 1 saturated heterocycles. The van der Waals surface area contributed by atoms with Crippen LogP contribution in [0, 0.1) is 0 Å². The van der Waals surface area contributed by atoms with Gasteiger partial charge in [0.25, 0.3) is 11.8 Å². The van der Waals surface area contributed by atoms with Crippen LogP contribution in [0.2, 0.25) is 0 Å². The highest BCUT2D eigenvalue weighted by atomic mass is 19.3. The molecule has 3 atom stereocenters. The number of anilines is 1. The van der Waals surface area contributed by atoms with Gasteiger partial charge in [-0.3, -0.25) is 23.9 Å². The molecule has 0 radical (unpaired) electrons. The number of unbranched alkanes of at least 4 members (excludes halogenated alkanes) is 2. The minimum absolute atomic E-state index is 0.0824. The largest absolute Gasteiger partial charge is 0.394 e. The van der Waals surface area contributed by atoms with Crippen molar-refractivity contribution in [3.63, 3.8) is 0 Å². The Hall–Kier alpha value is -3.03. The number of hydrogen-bond acceptors (Lipinski definition) is 8. The van der Waals surface area contributed by atoms with Gasteiger partial charge in [-0.05, 0) is 18.9 Å². The van der Waals surface area contributed by atoms with Crippen LogP contribution in [0.15, 0.2) is 29.2 Å². The maximum Gasteiger partial charge on any atom is 0.351 e. The third-order valence-corrected chi connectivity index (χ3v) is 5.10. The Labute approximate surface area is 180 Å². The monoisotopic (exact) mass is 456 g/mol. The average Bonchev–Trinajstić information content (AvgIpc) is 3.17. The first-order valence-electron chi connectivity index (χ1n) is 9.90. The van der Waals surface area contributed by atoms with E-state index in [1.165, 1.54) is 12.2 Å². The van der Waals surface area contributed by atoms with E-state index in [0.717, 1.165) is 17.2 Å². The predicted octanol–water partition coefficient (Wildman–Crippen LogP) is -0.447. The quantitative estimate of drug-likeness (QED) is 0.334. The normalized spacial score (nSPS) is 24.4. The first-order valence-corrected chi connectivity index (χ1v) is 9.90. The fourth-order valence-electron chi connectivity index (χ4n) is 3.37. The van der Waals surface area contributed by atoms with E-state index < -0.39 is 42.6 Å². The van der Waals surface area contributed by atoms with Crippen LogP contribution in [0.3, 0.4) is 0 Å². The lowest BCUT2D eigenvalue weighted by atomic mass is 10.1. The summed E-state index contributed by atoms with van der Waals surface area (Å²) in [5, 5.41) is 21.0. The second-order valence-corrected chi connectivity index (χ2v) is 7.35. The van der Waals surface area contributed by atoms with E-state index in [2.05, 4.69) is 10.3 Å². The van der Waals surface area contributed by atoms with E-state index in [1.807, 2.05) is 0 Å². The summed E-state index contributed by atoms with van der Waals surface area (Å²) in [7, 11) is 0. The Bertz CT molecular complexity index is 963. The Balaban J connectivity index is 1.48. The van der Waals surface area contributed by atoms with E-state index >= 15 is 0 Å². The average molecular weight is 456 g/mol. The SMILES string of the molecule is O=C(CCCCCN1C(=O)C=CC1=O)Nc1ccn([C@@H]2O[C@H](CO)[C@@H](O)C2(F)F)c(=O)n1. The second-order valence-electron chi connectivity index (χ2n) is 7.35. The Morgan fingerprint density at radius 1 is 1.19 bits per heavy atom. The summed E-state index contributed by atoms with van der Waals surface area (Å²) in [4.78, 5) is 51.7. The Morgan fingerprint density at radius 3 is 2.47 bits per heavy atom. The maximum atomic E-state index is 14.2. The zero-order chi connectivity index (χ0) is 23.5. The number of ether oxygens (including phenoxy) is 1. The summed E-state index contributed by atoms with van der Waals surface area (Å²) in [5.74, 6) is -5.16. The fourth-order valence-corrected chi connectivity index (χ4v) is 3.37. The third-order valence-electron chi connectivity index (χ3n) is 5.10. The minimum atomic E-state index is -3.83. The molecule has 3 heterocycles. The Morgan fingerprint density at radius 2 is 1.88 bits per heavy atom. The van der Waals surface area contributed by atoms with Crippen LogP contribution in [-0.4, -0.2) is 73.7 Å². The van der Waals surface area contributed by atoms with Gasteiger partial charge in [0.1, 0.15) is 11.9 Å². The van der Waals surface area contributed by atoms with Gasteiger partial charge in [0.2, 0.25) is 12.1 Å². The molecule has 1 fully saturated rings. The van der Waals surface area contributed by atoms with Crippen molar-refractivity contribution in [2.75, 3.05) is 18.5 Å². The van der Waals surface area contributed by atoms with Crippen LogP contribution in [0.1, 0.15) is 31.9 Å². The number of carbonyl (C=O) groups excluding carboxylic acids is 3. The molecular weight excluding hydrogens is 434 g/mol. The molecule has 0 unspecified atom stereocenters. The lowest BCUT2D eigenvalue weighted by molar-refractivity contribution is -0.141. The molecule has 3 N–H and O–H groups in total. The van der Waals surface area contributed by atoms with Crippen molar-refractivity contribution in [1.29, 1.82) is 0 Å². The van der Waals surface area contributed by atoms with Gasteiger partial charge in [-0.1, -0.05) is 6.42 Å². The molecule has 174 valence electrons. The zero-order valence-electron chi connectivity index (χ0n) is 16.8. The van der Waals surface area contributed by atoms with Gasteiger partial charge in [0.15, 0.2) is 6.10 Å².